The maximum atomic E-state index is 13.0. The summed E-state index contributed by atoms with van der Waals surface area (Å²) >= 11 is 0. The Morgan fingerprint density at radius 2 is 2.00 bits per heavy atom. The van der Waals surface area contributed by atoms with E-state index in [0.29, 0.717) is 36.3 Å². The Hall–Kier alpha value is -3.22. The largest absolute Gasteiger partial charge is 0.493 e. The van der Waals surface area contributed by atoms with E-state index in [4.69, 9.17) is 4.74 Å². The standard InChI is InChI=1S/C22H19F3N2O2/c1-27-9-8-14-4-6-17(13-19(14)27)26-21(28)11-15-3-2-10-29-20-12-16(22(23,24)25)5-7-18(15)20/h4-9,11-13H,2-3,10H2,1H3,(H,26,28). The van der Waals surface area contributed by atoms with Gasteiger partial charge in [-0.1, -0.05) is 12.1 Å². The van der Waals surface area contributed by atoms with Gasteiger partial charge in [-0.2, -0.15) is 13.2 Å². The molecule has 7 heteroatoms. The molecule has 150 valence electrons. The summed E-state index contributed by atoms with van der Waals surface area (Å²) in [7, 11) is 1.92. The van der Waals surface area contributed by atoms with Gasteiger partial charge < -0.3 is 14.6 Å². The molecule has 0 saturated carbocycles. The Bertz CT molecular complexity index is 1110. The minimum absolute atomic E-state index is 0.154. The van der Waals surface area contributed by atoms with Crippen molar-refractivity contribution >= 4 is 28.1 Å². The molecule has 0 radical (unpaired) electrons. The van der Waals surface area contributed by atoms with Crippen LogP contribution in [-0.4, -0.2) is 17.1 Å². The summed E-state index contributed by atoms with van der Waals surface area (Å²) in [5.41, 5.74) is 2.05. The van der Waals surface area contributed by atoms with E-state index >= 15 is 0 Å². The first kappa shape index (κ1) is 19.1. The van der Waals surface area contributed by atoms with E-state index in [1.165, 1.54) is 12.1 Å². The first-order chi connectivity index (χ1) is 13.8. The molecule has 2 aromatic carbocycles. The number of carbonyl (C=O) groups is 1. The Kier molecular flexibility index (Phi) is 4.82. The van der Waals surface area contributed by atoms with Gasteiger partial charge in [0.15, 0.2) is 0 Å². The highest BCUT2D eigenvalue weighted by molar-refractivity contribution is 6.05. The molecule has 1 aromatic heterocycles. The zero-order valence-electron chi connectivity index (χ0n) is 15.7. The van der Waals surface area contributed by atoms with Gasteiger partial charge in [-0.25, -0.2) is 0 Å². The van der Waals surface area contributed by atoms with Gasteiger partial charge >= 0.3 is 6.18 Å². The Morgan fingerprint density at radius 1 is 1.17 bits per heavy atom. The zero-order chi connectivity index (χ0) is 20.6. The summed E-state index contributed by atoms with van der Waals surface area (Å²) in [6.07, 6.45) is 0.0977. The number of hydrogen-bond donors (Lipinski definition) is 1. The van der Waals surface area contributed by atoms with Gasteiger partial charge in [0.25, 0.3) is 0 Å². The number of fused-ring (bicyclic) bond motifs is 2. The van der Waals surface area contributed by atoms with Gasteiger partial charge in [0.2, 0.25) is 5.91 Å². The van der Waals surface area contributed by atoms with Crippen LogP contribution in [0.2, 0.25) is 0 Å². The molecule has 0 aliphatic carbocycles. The fourth-order valence-electron chi connectivity index (χ4n) is 3.49. The molecule has 1 aliphatic heterocycles. The van der Waals surface area contributed by atoms with Crippen molar-refractivity contribution in [2.24, 2.45) is 7.05 Å². The van der Waals surface area contributed by atoms with Crippen molar-refractivity contribution in [3.05, 3.63) is 65.9 Å². The Balaban J connectivity index is 1.61. The summed E-state index contributed by atoms with van der Waals surface area (Å²) in [6, 6.07) is 11.0. The highest BCUT2D eigenvalue weighted by atomic mass is 19.4. The number of ether oxygens (including phenoxy) is 1. The maximum absolute atomic E-state index is 13.0. The van der Waals surface area contributed by atoms with E-state index in [-0.39, 0.29) is 11.7 Å². The summed E-state index contributed by atoms with van der Waals surface area (Å²) in [5, 5.41) is 3.90. The van der Waals surface area contributed by atoms with E-state index in [0.717, 1.165) is 23.0 Å². The minimum Gasteiger partial charge on any atom is -0.493 e. The van der Waals surface area contributed by atoms with Crippen LogP contribution in [0.1, 0.15) is 24.0 Å². The fourth-order valence-corrected chi connectivity index (χ4v) is 3.49. The number of nitrogens with zero attached hydrogens (tertiary/aromatic N) is 1. The molecule has 2 heterocycles. The topological polar surface area (TPSA) is 43.3 Å². The molecule has 3 aromatic rings. The van der Waals surface area contributed by atoms with Crippen LogP contribution in [-0.2, 0) is 18.0 Å². The summed E-state index contributed by atoms with van der Waals surface area (Å²) < 4.78 is 46.4. The lowest BCUT2D eigenvalue weighted by atomic mass is 9.99. The smallest absolute Gasteiger partial charge is 0.416 e. The van der Waals surface area contributed by atoms with Crippen molar-refractivity contribution < 1.29 is 22.7 Å². The zero-order valence-corrected chi connectivity index (χ0v) is 15.7. The lowest BCUT2D eigenvalue weighted by Crippen LogP contribution is -2.09. The van der Waals surface area contributed by atoms with Gasteiger partial charge in [0, 0.05) is 36.1 Å². The summed E-state index contributed by atoms with van der Waals surface area (Å²) in [5.74, 6) is -0.178. The fraction of sp³-hybridized carbons (Fsp3) is 0.227. The van der Waals surface area contributed by atoms with Crippen LogP contribution in [0, 0.1) is 0 Å². The van der Waals surface area contributed by atoms with Crippen LogP contribution in [0.3, 0.4) is 0 Å². The molecule has 0 bridgehead atoms. The van der Waals surface area contributed by atoms with E-state index in [9.17, 15) is 18.0 Å². The molecule has 4 nitrogen and oxygen atoms in total. The molecule has 0 fully saturated rings. The van der Waals surface area contributed by atoms with E-state index in [2.05, 4.69) is 5.32 Å². The number of hydrogen-bond acceptors (Lipinski definition) is 2. The number of allylic oxidation sites excluding steroid dienone is 1. The molecule has 0 saturated heterocycles. The number of halogens is 3. The SMILES string of the molecule is Cn1ccc2ccc(NC(=O)C=C3CCCOc4cc(C(F)(F)F)ccc43)cc21. The quantitative estimate of drug-likeness (QED) is 0.586. The Morgan fingerprint density at radius 3 is 2.79 bits per heavy atom. The van der Waals surface area contributed by atoms with Crippen LogP contribution in [0.4, 0.5) is 18.9 Å². The van der Waals surface area contributed by atoms with Crippen molar-refractivity contribution in [2.75, 3.05) is 11.9 Å². The number of nitrogens with one attached hydrogen (secondary N) is 1. The van der Waals surface area contributed by atoms with E-state index < -0.39 is 11.7 Å². The average molecular weight is 400 g/mol. The number of amides is 1. The van der Waals surface area contributed by atoms with Gasteiger partial charge in [-0.15, -0.1) is 0 Å². The molecule has 4 rings (SSSR count). The number of aromatic nitrogens is 1. The van der Waals surface area contributed by atoms with Crippen LogP contribution >= 0.6 is 0 Å². The lowest BCUT2D eigenvalue weighted by molar-refractivity contribution is -0.137. The molecular formula is C22H19F3N2O2. The van der Waals surface area contributed by atoms with Crippen molar-refractivity contribution in [1.82, 2.24) is 4.57 Å². The van der Waals surface area contributed by atoms with Gasteiger partial charge in [-0.3, -0.25) is 4.79 Å². The number of anilines is 1. The maximum Gasteiger partial charge on any atom is 0.416 e. The predicted octanol–water partition coefficient (Wildman–Crippen LogP) is 5.39. The van der Waals surface area contributed by atoms with E-state index in [1.54, 1.807) is 0 Å². The second-order valence-corrected chi connectivity index (χ2v) is 7.02. The van der Waals surface area contributed by atoms with Crippen molar-refractivity contribution in [3.8, 4) is 5.75 Å². The van der Waals surface area contributed by atoms with Crippen molar-refractivity contribution in [1.29, 1.82) is 0 Å². The highest BCUT2D eigenvalue weighted by Crippen LogP contribution is 2.38. The molecule has 29 heavy (non-hydrogen) atoms. The van der Waals surface area contributed by atoms with Crippen LogP contribution in [0.5, 0.6) is 5.75 Å². The third-order valence-electron chi connectivity index (χ3n) is 4.96. The number of benzene rings is 2. The van der Waals surface area contributed by atoms with Crippen molar-refractivity contribution in [3.63, 3.8) is 0 Å². The number of carbonyl (C=O) groups excluding carboxylic acids is 1. The highest BCUT2D eigenvalue weighted by Gasteiger charge is 2.32. The first-order valence-electron chi connectivity index (χ1n) is 9.22. The van der Waals surface area contributed by atoms with Gasteiger partial charge in [0.1, 0.15) is 5.75 Å². The number of rotatable bonds is 2. The van der Waals surface area contributed by atoms with Crippen molar-refractivity contribution in [2.45, 2.75) is 19.0 Å². The molecule has 1 N–H and O–H groups in total. The molecule has 1 amide bonds. The molecule has 0 unspecified atom stereocenters. The average Bonchev–Trinajstić information content (AvgIpc) is 2.91. The first-order valence-corrected chi connectivity index (χ1v) is 9.22. The molecular weight excluding hydrogens is 381 g/mol. The minimum atomic E-state index is -4.44. The van der Waals surface area contributed by atoms with E-state index in [1.807, 2.05) is 42.1 Å². The molecule has 0 spiro atoms. The second-order valence-electron chi connectivity index (χ2n) is 7.02. The number of alkyl halides is 3. The summed E-state index contributed by atoms with van der Waals surface area (Å²) in [4.78, 5) is 12.6. The normalized spacial score (nSPS) is 15.7. The van der Waals surface area contributed by atoms with Gasteiger partial charge in [-0.05, 0) is 54.1 Å². The predicted molar refractivity (Wildman–Crippen MR) is 106 cm³/mol. The molecule has 1 aliphatic rings. The second kappa shape index (κ2) is 7.31. The molecule has 0 atom stereocenters. The monoisotopic (exact) mass is 400 g/mol. The lowest BCUT2D eigenvalue weighted by Gasteiger charge is -2.13. The Labute approximate surface area is 165 Å². The van der Waals surface area contributed by atoms with Gasteiger partial charge in [0.05, 0.1) is 12.2 Å². The summed E-state index contributed by atoms with van der Waals surface area (Å²) in [6.45, 7) is 0.303. The van der Waals surface area contributed by atoms with Crippen LogP contribution in [0.15, 0.2) is 54.7 Å². The van der Waals surface area contributed by atoms with Crippen LogP contribution in [0.25, 0.3) is 16.5 Å². The number of aryl methyl sites for hydroxylation is 1. The third-order valence-corrected chi connectivity index (χ3v) is 4.96. The third kappa shape index (κ3) is 3.99. The van der Waals surface area contributed by atoms with Crippen LogP contribution < -0.4 is 10.1 Å².